The second-order valence-electron chi connectivity index (χ2n) is 5.21. The van der Waals surface area contributed by atoms with Gasteiger partial charge in [-0.15, -0.1) is 0 Å². The number of aromatic amines is 1. The van der Waals surface area contributed by atoms with Gasteiger partial charge in [-0.1, -0.05) is 12.1 Å². The molecule has 106 valence electrons. The first-order valence-electron chi connectivity index (χ1n) is 6.77. The Morgan fingerprint density at radius 2 is 2.00 bits per heavy atom. The molecule has 3 N–H and O–H groups in total. The summed E-state index contributed by atoms with van der Waals surface area (Å²) >= 11 is 0. The number of rotatable bonds is 2. The number of carbonyl (C=O) groups is 1. The van der Waals surface area contributed by atoms with Gasteiger partial charge in [0.25, 0.3) is 5.91 Å². The number of nitrogens with one attached hydrogen (secondary N) is 1. The van der Waals surface area contributed by atoms with E-state index in [-0.39, 0.29) is 5.91 Å². The summed E-state index contributed by atoms with van der Waals surface area (Å²) in [4.78, 5) is 17.4. The smallest absolute Gasteiger partial charge is 0.260 e. The van der Waals surface area contributed by atoms with E-state index in [4.69, 9.17) is 5.73 Å². The minimum atomic E-state index is -0.0448. The van der Waals surface area contributed by atoms with Crippen LogP contribution in [-0.2, 0) is 0 Å². The molecule has 0 saturated carbocycles. The number of hydrogen-bond donors (Lipinski definition) is 2. The van der Waals surface area contributed by atoms with Crippen LogP contribution in [0.4, 0.5) is 11.4 Å². The van der Waals surface area contributed by atoms with Gasteiger partial charge in [0, 0.05) is 35.5 Å². The quantitative estimate of drug-likeness (QED) is 0.707. The van der Waals surface area contributed by atoms with E-state index >= 15 is 0 Å². The molecule has 1 heterocycles. The van der Waals surface area contributed by atoms with Crippen LogP contribution in [0.25, 0.3) is 10.9 Å². The first-order chi connectivity index (χ1) is 10.1. The van der Waals surface area contributed by atoms with Crippen LogP contribution >= 0.6 is 0 Å². The molecular formula is C17H17N3O. The van der Waals surface area contributed by atoms with Crippen LogP contribution in [0.2, 0.25) is 0 Å². The fraction of sp³-hybridized carbons (Fsp3) is 0.118. The number of benzene rings is 2. The van der Waals surface area contributed by atoms with Gasteiger partial charge in [0.05, 0.1) is 5.56 Å². The molecule has 3 aromatic rings. The number of H-pyrrole nitrogens is 1. The monoisotopic (exact) mass is 279 g/mol. The highest BCUT2D eigenvalue weighted by atomic mass is 16.2. The zero-order chi connectivity index (χ0) is 15.0. The second kappa shape index (κ2) is 4.98. The molecule has 1 aromatic heterocycles. The first-order valence-corrected chi connectivity index (χ1v) is 6.77. The van der Waals surface area contributed by atoms with Crippen LogP contribution in [0.3, 0.4) is 0 Å². The van der Waals surface area contributed by atoms with Crippen LogP contribution in [0.1, 0.15) is 15.9 Å². The maximum atomic E-state index is 12.7. The van der Waals surface area contributed by atoms with Crippen LogP contribution in [0.5, 0.6) is 0 Å². The Bertz CT molecular complexity index is 820. The van der Waals surface area contributed by atoms with Gasteiger partial charge in [0.2, 0.25) is 0 Å². The number of aryl methyl sites for hydroxylation is 1. The average Bonchev–Trinajstić information content (AvgIpc) is 2.88. The van der Waals surface area contributed by atoms with E-state index in [2.05, 4.69) is 4.98 Å². The Labute approximate surface area is 123 Å². The number of anilines is 2. The summed E-state index contributed by atoms with van der Waals surface area (Å²) < 4.78 is 0. The minimum Gasteiger partial charge on any atom is -0.399 e. The van der Waals surface area contributed by atoms with Gasteiger partial charge < -0.3 is 15.6 Å². The third-order valence-electron chi connectivity index (χ3n) is 3.63. The van der Waals surface area contributed by atoms with Crippen molar-refractivity contribution in [3.63, 3.8) is 0 Å². The van der Waals surface area contributed by atoms with Gasteiger partial charge in [-0.05, 0) is 42.8 Å². The molecule has 0 aliphatic heterocycles. The molecule has 1 amide bonds. The number of carbonyl (C=O) groups excluding carboxylic acids is 1. The highest BCUT2D eigenvalue weighted by molar-refractivity contribution is 6.14. The fourth-order valence-corrected chi connectivity index (χ4v) is 2.46. The second-order valence-corrected chi connectivity index (χ2v) is 5.21. The number of nitrogens with two attached hydrogens (primary N) is 1. The predicted molar refractivity (Wildman–Crippen MR) is 86.6 cm³/mol. The van der Waals surface area contributed by atoms with Crippen molar-refractivity contribution in [3.8, 4) is 0 Å². The van der Waals surface area contributed by atoms with Crippen molar-refractivity contribution in [1.82, 2.24) is 4.98 Å². The van der Waals surface area contributed by atoms with Crippen molar-refractivity contribution >= 4 is 28.2 Å². The Morgan fingerprint density at radius 3 is 2.76 bits per heavy atom. The summed E-state index contributed by atoms with van der Waals surface area (Å²) in [6.45, 7) is 2.01. The summed E-state index contributed by atoms with van der Waals surface area (Å²) in [7, 11) is 1.78. The van der Waals surface area contributed by atoms with Crippen molar-refractivity contribution in [3.05, 3.63) is 59.8 Å². The summed E-state index contributed by atoms with van der Waals surface area (Å²) in [5.74, 6) is -0.0448. The Kier molecular flexibility index (Phi) is 3.14. The van der Waals surface area contributed by atoms with E-state index < -0.39 is 0 Å². The molecule has 0 unspecified atom stereocenters. The molecular weight excluding hydrogens is 262 g/mol. The maximum Gasteiger partial charge on any atom is 0.260 e. The fourth-order valence-electron chi connectivity index (χ4n) is 2.46. The molecule has 0 atom stereocenters. The number of hydrogen-bond acceptors (Lipinski definition) is 2. The molecule has 21 heavy (non-hydrogen) atoms. The van der Waals surface area contributed by atoms with Gasteiger partial charge in [-0.2, -0.15) is 0 Å². The Hall–Kier alpha value is -2.75. The predicted octanol–water partition coefficient (Wildman–Crippen LogP) is 3.34. The van der Waals surface area contributed by atoms with Gasteiger partial charge in [0.1, 0.15) is 0 Å². The number of nitrogen functional groups attached to an aromatic ring is 1. The van der Waals surface area contributed by atoms with Gasteiger partial charge in [-0.25, -0.2) is 0 Å². The van der Waals surface area contributed by atoms with Crippen molar-refractivity contribution in [2.24, 2.45) is 0 Å². The van der Waals surface area contributed by atoms with E-state index in [1.54, 1.807) is 24.2 Å². The molecule has 0 bridgehead atoms. The molecule has 4 heteroatoms. The molecule has 0 radical (unpaired) electrons. The third kappa shape index (κ3) is 2.36. The van der Waals surface area contributed by atoms with Gasteiger partial charge >= 0.3 is 0 Å². The summed E-state index contributed by atoms with van der Waals surface area (Å²) in [6, 6.07) is 13.4. The maximum absolute atomic E-state index is 12.7. The van der Waals surface area contributed by atoms with Crippen molar-refractivity contribution in [1.29, 1.82) is 0 Å². The zero-order valence-electron chi connectivity index (χ0n) is 12.1. The average molecular weight is 279 g/mol. The topological polar surface area (TPSA) is 62.1 Å². The number of nitrogens with zero attached hydrogens (tertiary/aromatic N) is 1. The molecule has 0 aliphatic rings. The molecule has 0 spiro atoms. The van der Waals surface area contributed by atoms with Crippen molar-refractivity contribution < 1.29 is 4.79 Å². The normalized spacial score (nSPS) is 10.8. The third-order valence-corrected chi connectivity index (χ3v) is 3.63. The Morgan fingerprint density at radius 1 is 1.19 bits per heavy atom. The largest absolute Gasteiger partial charge is 0.399 e. The zero-order valence-corrected chi connectivity index (χ0v) is 12.1. The lowest BCUT2D eigenvalue weighted by molar-refractivity contribution is 0.0994. The lowest BCUT2D eigenvalue weighted by Crippen LogP contribution is -2.26. The number of fused-ring (bicyclic) bond motifs is 1. The van der Waals surface area contributed by atoms with E-state index in [0.717, 1.165) is 22.2 Å². The molecule has 4 nitrogen and oxygen atoms in total. The lowest BCUT2D eigenvalue weighted by Gasteiger charge is -2.17. The Balaban J connectivity index is 2.00. The molecule has 2 aromatic carbocycles. The van der Waals surface area contributed by atoms with E-state index in [1.807, 2.05) is 43.3 Å². The van der Waals surface area contributed by atoms with Crippen LogP contribution in [0, 0.1) is 6.92 Å². The SMILES string of the molecule is Cc1cccc(N(C)C(=O)c2c[nH]c3cc(N)ccc23)c1. The number of amides is 1. The summed E-state index contributed by atoms with van der Waals surface area (Å²) in [5, 5.41) is 0.883. The summed E-state index contributed by atoms with van der Waals surface area (Å²) in [6.07, 6.45) is 1.73. The first kappa shape index (κ1) is 13.2. The van der Waals surface area contributed by atoms with E-state index in [9.17, 15) is 4.79 Å². The molecule has 3 rings (SSSR count). The molecule has 0 aliphatic carbocycles. The summed E-state index contributed by atoms with van der Waals surface area (Å²) in [5.41, 5.74) is 9.96. The minimum absolute atomic E-state index is 0.0448. The van der Waals surface area contributed by atoms with E-state index in [1.165, 1.54) is 0 Å². The highest BCUT2D eigenvalue weighted by Crippen LogP contribution is 2.24. The molecule has 0 saturated heterocycles. The standard InChI is InChI=1S/C17H17N3O/c1-11-4-3-5-13(8-11)20(2)17(21)15-10-19-16-9-12(18)6-7-14(15)16/h3-10,19H,18H2,1-2H3. The van der Waals surface area contributed by atoms with Crippen molar-refractivity contribution in [2.75, 3.05) is 17.7 Å². The van der Waals surface area contributed by atoms with Crippen LogP contribution in [0.15, 0.2) is 48.7 Å². The highest BCUT2D eigenvalue weighted by Gasteiger charge is 2.17. The van der Waals surface area contributed by atoms with Crippen LogP contribution in [-0.4, -0.2) is 17.9 Å². The number of aromatic nitrogens is 1. The van der Waals surface area contributed by atoms with E-state index in [0.29, 0.717) is 11.3 Å². The van der Waals surface area contributed by atoms with Gasteiger partial charge in [0.15, 0.2) is 0 Å². The van der Waals surface area contributed by atoms with Gasteiger partial charge in [-0.3, -0.25) is 4.79 Å². The van der Waals surface area contributed by atoms with Crippen molar-refractivity contribution in [2.45, 2.75) is 6.92 Å². The van der Waals surface area contributed by atoms with Crippen LogP contribution < -0.4 is 10.6 Å². The lowest BCUT2D eigenvalue weighted by atomic mass is 10.1. The molecule has 0 fully saturated rings.